The average Bonchev–Trinajstić information content (AvgIpc) is 3.29. The van der Waals surface area contributed by atoms with Crippen LogP contribution in [0.5, 0.6) is 0 Å². The lowest BCUT2D eigenvalue weighted by molar-refractivity contribution is -0.134. The van der Waals surface area contributed by atoms with Crippen LogP contribution < -0.4 is 5.73 Å². The number of carbonyl (C=O) groups excluding carboxylic acids is 1. The van der Waals surface area contributed by atoms with E-state index in [1.807, 2.05) is 0 Å². The maximum atomic E-state index is 13.3. The minimum Gasteiger partial charge on any atom is -0.325 e. The largest absolute Gasteiger partial charge is 0.325 e. The predicted octanol–water partition coefficient (Wildman–Crippen LogP) is 4.70. The quantitative estimate of drug-likeness (QED) is 0.765. The zero-order valence-corrected chi connectivity index (χ0v) is 19.4. The molecule has 1 unspecified atom stereocenters. The molecule has 4 aliphatic carbocycles. The maximum absolute atomic E-state index is 13.3. The number of aromatic nitrogens is 2. The molecule has 31 heavy (non-hydrogen) atoms. The van der Waals surface area contributed by atoms with Crippen molar-refractivity contribution >= 4 is 5.78 Å². The summed E-state index contributed by atoms with van der Waals surface area (Å²) in [7, 11) is 0. The van der Waals surface area contributed by atoms with Gasteiger partial charge in [0.2, 0.25) is 0 Å². The van der Waals surface area contributed by atoms with Gasteiger partial charge in [0.1, 0.15) is 6.07 Å². The van der Waals surface area contributed by atoms with E-state index in [-0.39, 0.29) is 16.9 Å². The smallest absolute Gasteiger partial charge is 0.162 e. The van der Waals surface area contributed by atoms with Crippen LogP contribution in [0.4, 0.5) is 0 Å². The Hall–Kier alpha value is -1.67. The third-order valence-corrected chi connectivity index (χ3v) is 10.2. The third-order valence-electron chi connectivity index (χ3n) is 10.2. The van der Waals surface area contributed by atoms with E-state index in [4.69, 9.17) is 11.0 Å². The molecule has 0 aliphatic heterocycles. The van der Waals surface area contributed by atoms with Crippen molar-refractivity contribution in [3.63, 3.8) is 0 Å². The molecule has 5 heteroatoms. The number of fused-ring (bicyclic) bond motifs is 5. The van der Waals surface area contributed by atoms with Gasteiger partial charge in [0, 0.05) is 17.7 Å². The molecule has 4 fully saturated rings. The van der Waals surface area contributed by atoms with Gasteiger partial charge in [0.25, 0.3) is 0 Å². The Balaban J connectivity index is 1.33. The van der Waals surface area contributed by atoms with Gasteiger partial charge in [0.05, 0.1) is 6.54 Å². The molecule has 0 bridgehead atoms. The van der Waals surface area contributed by atoms with Gasteiger partial charge < -0.3 is 5.73 Å². The fraction of sp³-hybridized carbons (Fsp3) is 0.808. The molecular formula is C26H38N4O. The number of nitrogens with zero attached hydrogens (tertiary/aromatic N) is 3. The topological polar surface area (TPSA) is 84.7 Å². The zero-order chi connectivity index (χ0) is 22.0. The van der Waals surface area contributed by atoms with Gasteiger partial charge in [-0.05, 0) is 105 Å². The summed E-state index contributed by atoms with van der Waals surface area (Å²) in [5.41, 5.74) is 7.53. The molecule has 168 valence electrons. The number of ketones is 1. The summed E-state index contributed by atoms with van der Waals surface area (Å²) in [6.45, 7) is 7.49. The number of rotatable bonds is 3. The van der Waals surface area contributed by atoms with E-state index in [1.54, 1.807) is 16.9 Å². The zero-order valence-electron chi connectivity index (χ0n) is 19.4. The van der Waals surface area contributed by atoms with Crippen molar-refractivity contribution in [3.05, 3.63) is 18.0 Å². The summed E-state index contributed by atoms with van der Waals surface area (Å²) in [5, 5.41) is 13.2. The van der Waals surface area contributed by atoms with Crippen LogP contribution in [-0.2, 0) is 11.3 Å². The molecule has 0 radical (unpaired) electrons. The second-order valence-electron chi connectivity index (χ2n) is 12.3. The van der Waals surface area contributed by atoms with Gasteiger partial charge in [-0.25, -0.2) is 0 Å². The van der Waals surface area contributed by atoms with Crippen molar-refractivity contribution in [2.75, 3.05) is 0 Å². The highest BCUT2D eigenvalue weighted by Gasteiger charge is 2.60. The minimum absolute atomic E-state index is 0.00402. The molecule has 4 aliphatic rings. The number of hydrogen-bond donors (Lipinski definition) is 1. The third kappa shape index (κ3) is 3.37. The van der Waals surface area contributed by atoms with Crippen LogP contribution in [0.2, 0.25) is 0 Å². The molecular weight excluding hydrogens is 384 g/mol. The lowest BCUT2D eigenvalue weighted by Crippen LogP contribution is -2.56. The van der Waals surface area contributed by atoms with Crippen LogP contribution in [-0.4, -0.2) is 21.1 Å². The van der Waals surface area contributed by atoms with Crippen molar-refractivity contribution in [3.8, 4) is 6.07 Å². The van der Waals surface area contributed by atoms with Gasteiger partial charge in [0.15, 0.2) is 11.5 Å². The van der Waals surface area contributed by atoms with E-state index in [1.165, 1.54) is 44.9 Å². The SMILES string of the molecule is C[C@@]1(N)CC[C@@H]2C3CC[C@]4(C)[C@@H](C(=O)Cn5ccc(C#N)n5)CC[C@H]4[C@@H]3CC[C@]2(C)C1. The second kappa shape index (κ2) is 7.17. The van der Waals surface area contributed by atoms with Crippen LogP contribution in [0.3, 0.4) is 0 Å². The second-order valence-corrected chi connectivity index (χ2v) is 12.3. The molecule has 0 spiro atoms. The monoisotopic (exact) mass is 422 g/mol. The van der Waals surface area contributed by atoms with E-state index in [2.05, 4.69) is 31.9 Å². The molecule has 1 aromatic rings. The summed E-state index contributed by atoms with van der Waals surface area (Å²) < 4.78 is 1.65. The normalized spacial score (nSPS) is 46.5. The summed E-state index contributed by atoms with van der Waals surface area (Å²) in [4.78, 5) is 13.3. The van der Waals surface area contributed by atoms with Crippen molar-refractivity contribution in [1.29, 1.82) is 5.26 Å². The molecule has 1 aromatic heterocycles. The Labute approximate surface area is 186 Å². The van der Waals surface area contributed by atoms with Crippen LogP contribution in [0.25, 0.3) is 0 Å². The summed E-state index contributed by atoms with van der Waals surface area (Å²) >= 11 is 0. The fourth-order valence-electron chi connectivity index (χ4n) is 9.02. The lowest BCUT2D eigenvalue weighted by Gasteiger charge is -2.61. The number of nitrogens with two attached hydrogens (primary N) is 1. The van der Waals surface area contributed by atoms with Gasteiger partial charge in [-0.1, -0.05) is 13.8 Å². The van der Waals surface area contributed by atoms with Crippen molar-refractivity contribution in [2.45, 2.75) is 90.6 Å². The Kier molecular flexibility index (Phi) is 4.90. The number of hydrogen-bond acceptors (Lipinski definition) is 4. The minimum atomic E-state index is 0.00402. The summed E-state index contributed by atoms with van der Waals surface area (Å²) in [6.07, 6.45) is 12.7. The number of nitriles is 1. The molecule has 8 atom stereocenters. The van der Waals surface area contributed by atoms with E-state index < -0.39 is 0 Å². The molecule has 0 saturated heterocycles. The van der Waals surface area contributed by atoms with Crippen LogP contribution in [0.15, 0.2) is 12.3 Å². The molecule has 5 rings (SSSR count). The highest BCUT2D eigenvalue weighted by Crippen LogP contribution is 2.67. The number of Topliss-reactive ketones (excluding diaryl/α,β-unsaturated/α-hetero) is 1. The van der Waals surface area contributed by atoms with E-state index in [0.29, 0.717) is 29.4 Å². The highest BCUT2D eigenvalue weighted by atomic mass is 16.1. The maximum Gasteiger partial charge on any atom is 0.162 e. The number of carbonyl (C=O) groups is 1. The molecule has 0 aromatic carbocycles. The molecule has 5 nitrogen and oxygen atoms in total. The van der Waals surface area contributed by atoms with E-state index in [0.717, 1.165) is 30.6 Å². The van der Waals surface area contributed by atoms with Crippen LogP contribution in [0.1, 0.15) is 84.3 Å². The van der Waals surface area contributed by atoms with Gasteiger partial charge >= 0.3 is 0 Å². The fourth-order valence-corrected chi connectivity index (χ4v) is 9.02. The molecule has 1 heterocycles. The highest BCUT2D eigenvalue weighted by molar-refractivity contribution is 5.82. The molecule has 4 saturated carbocycles. The standard InChI is InChI=1S/C26H38N4O/c1-24-10-6-19-18(20(24)8-11-25(2,28)16-24)7-12-26(3)21(19)4-5-22(26)23(31)15-30-13-9-17(14-27)29-30/h9,13,18-22H,4-8,10-12,15-16,28H2,1-3H3/t18?,19-,20-,21+,22-,24-,25-,26+/m1/s1. The van der Waals surface area contributed by atoms with Crippen molar-refractivity contribution in [1.82, 2.24) is 9.78 Å². The Morgan fingerprint density at radius 1 is 1.13 bits per heavy atom. The molecule has 0 amide bonds. The van der Waals surface area contributed by atoms with E-state index >= 15 is 0 Å². The van der Waals surface area contributed by atoms with Gasteiger partial charge in [-0.2, -0.15) is 10.4 Å². The van der Waals surface area contributed by atoms with Gasteiger partial charge in [-0.3, -0.25) is 9.48 Å². The summed E-state index contributed by atoms with van der Waals surface area (Å²) in [6, 6.07) is 3.74. The van der Waals surface area contributed by atoms with Crippen molar-refractivity contribution < 1.29 is 4.79 Å². The average molecular weight is 423 g/mol. The first kappa shape index (κ1) is 21.2. The predicted molar refractivity (Wildman–Crippen MR) is 120 cm³/mol. The Morgan fingerprint density at radius 3 is 2.61 bits per heavy atom. The molecule has 2 N–H and O–H groups in total. The lowest BCUT2D eigenvalue weighted by atomic mass is 9.45. The van der Waals surface area contributed by atoms with Crippen LogP contribution >= 0.6 is 0 Å². The summed E-state index contributed by atoms with van der Waals surface area (Å²) in [5.74, 6) is 3.56. The Bertz CT molecular complexity index is 913. The first-order valence-corrected chi connectivity index (χ1v) is 12.4. The van der Waals surface area contributed by atoms with Crippen LogP contribution in [0, 0.1) is 51.8 Å². The van der Waals surface area contributed by atoms with E-state index in [9.17, 15) is 4.79 Å². The first-order valence-electron chi connectivity index (χ1n) is 12.4. The first-order chi connectivity index (χ1) is 14.7. The van der Waals surface area contributed by atoms with Gasteiger partial charge in [-0.15, -0.1) is 0 Å². The van der Waals surface area contributed by atoms with Crippen molar-refractivity contribution in [2.24, 2.45) is 46.2 Å². The Morgan fingerprint density at radius 2 is 1.87 bits per heavy atom.